The van der Waals surface area contributed by atoms with Gasteiger partial charge in [0.15, 0.2) is 0 Å². The molecule has 0 aliphatic rings. The van der Waals surface area contributed by atoms with E-state index in [-0.39, 0.29) is 6.42 Å². The van der Waals surface area contributed by atoms with E-state index in [1.54, 1.807) is 6.20 Å². The van der Waals surface area contributed by atoms with E-state index in [4.69, 9.17) is 5.11 Å². The molecule has 94 valence electrons. The number of rotatable bonds is 4. The summed E-state index contributed by atoms with van der Waals surface area (Å²) in [7, 11) is 0. The van der Waals surface area contributed by atoms with Crippen LogP contribution in [0.25, 0.3) is 11.3 Å². The molecule has 0 atom stereocenters. The number of carboxylic acids is 1. The predicted octanol–water partition coefficient (Wildman–Crippen LogP) is 2.76. The molecule has 1 aromatic carbocycles. The smallest absolute Gasteiger partial charge is 0.307 e. The zero-order valence-corrected chi connectivity index (χ0v) is 10.5. The highest BCUT2D eigenvalue weighted by Gasteiger charge is 2.08. The number of aliphatic carboxylic acids is 1. The van der Waals surface area contributed by atoms with Crippen molar-refractivity contribution in [3.8, 4) is 11.3 Å². The Labute approximate surface area is 106 Å². The third kappa shape index (κ3) is 2.59. The van der Waals surface area contributed by atoms with Gasteiger partial charge in [-0.1, -0.05) is 24.3 Å². The summed E-state index contributed by atoms with van der Waals surface area (Å²) >= 11 is 0. The van der Waals surface area contributed by atoms with Gasteiger partial charge in [0.1, 0.15) is 0 Å². The van der Waals surface area contributed by atoms with Crippen LogP contribution < -0.4 is 0 Å². The number of hydrogen-bond acceptors (Lipinski definition) is 2. The third-order valence-electron chi connectivity index (χ3n) is 2.76. The minimum atomic E-state index is -0.810. The van der Waals surface area contributed by atoms with Gasteiger partial charge in [0, 0.05) is 12.2 Å². The second-order valence-corrected chi connectivity index (χ2v) is 4.52. The van der Waals surface area contributed by atoms with Gasteiger partial charge >= 0.3 is 5.97 Å². The van der Waals surface area contributed by atoms with E-state index in [0.717, 1.165) is 16.8 Å². The maximum absolute atomic E-state index is 10.6. The Hall–Kier alpha value is -2.10. The zero-order chi connectivity index (χ0) is 13.1. The Bertz CT molecular complexity index is 541. The van der Waals surface area contributed by atoms with E-state index in [1.807, 2.05) is 35.0 Å². The molecular formula is C14H16N2O2. The lowest BCUT2D eigenvalue weighted by atomic mass is 10.1. The fraction of sp³-hybridized carbons (Fsp3) is 0.286. The molecule has 0 aliphatic heterocycles. The van der Waals surface area contributed by atoms with Gasteiger partial charge in [-0.05, 0) is 31.0 Å². The van der Waals surface area contributed by atoms with Crippen molar-refractivity contribution in [1.82, 2.24) is 9.78 Å². The van der Waals surface area contributed by atoms with Crippen molar-refractivity contribution in [3.05, 3.63) is 42.1 Å². The fourth-order valence-electron chi connectivity index (χ4n) is 1.92. The first kappa shape index (κ1) is 12.4. The van der Waals surface area contributed by atoms with Gasteiger partial charge in [-0.3, -0.25) is 9.48 Å². The minimum Gasteiger partial charge on any atom is -0.481 e. The van der Waals surface area contributed by atoms with Crippen molar-refractivity contribution in [2.24, 2.45) is 0 Å². The quantitative estimate of drug-likeness (QED) is 0.899. The summed E-state index contributed by atoms with van der Waals surface area (Å²) in [5.41, 5.74) is 2.91. The van der Waals surface area contributed by atoms with E-state index in [1.165, 1.54) is 0 Å². The molecule has 0 unspecified atom stereocenters. The summed E-state index contributed by atoms with van der Waals surface area (Å²) in [6.07, 6.45) is 1.84. The minimum absolute atomic E-state index is 0.0592. The lowest BCUT2D eigenvalue weighted by Gasteiger charge is -2.11. The molecule has 1 aromatic heterocycles. The number of carboxylic acid groups (broad SMARTS) is 1. The Morgan fingerprint density at radius 2 is 1.94 bits per heavy atom. The highest BCUT2D eigenvalue weighted by atomic mass is 16.4. The molecule has 18 heavy (non-hydrogen) atoms. The van der Waals surface area contributed by atoms with Crippen molar-refractivity contribution in [2.75, 3.05) is 0 Å². The Kier molecular flexibility index (Phi) is 3.46. The Morgan fingerprint density at radius 1 is 1.28 bits per heavy atom. The third-order valence-corrected chi connectivity index (χ3v) is 2.76. The van der Waals surface area contributed by atoms with Crippen LogP contribution >= 0.6 is 0 Å². The summed E-state index contributed by atoms with van der Waals surface area (Å²) in [5.74, 6) is -0.810. The molecule has 0 aliphatic carbocycles. The van der Waals surface area contributed by atoms with Crippen LogP contribution in [0.2, 0.25) is 0 Å². The fourth-order valence-corrected chi connectivity index (χ4v) is 1.92. The van der Waals surface area contributed by atoms with Gasteiger partial charge in [-0.25, -0.2) is 0 Å². The van der Waals surface area contributed by atoms with Gasteiger partial charge in [-0.2, -0.15) is 5.10 Å². The van der Waals surface area contributed by atoms with Gasteiger partial charge in [-0.15, -0.1) is 0 Å². The second kappa shape index (κ2) is 5.04. The molecule has 0 amide bonds. The molecule has 1 N–H and O–H groups in total. The summed E-state index contributed by atoms with van der Waals surface area (Å²) < 4.78 is 1.95. The van der Waals surface area contributed by atoms with Crippen LogP contribution in [0.15, 0.2) is 36.5 Å². The molecule has 4 heteroatoms. The number of hydrogen-bond donors (Lipinski definition) is 1. The van der Waals surface area contributed by atoms with Crippen molar-refractivity contribution < 1.29 is 9.90 Å². The number of benzene rings is 1. The van der Waals surface area contributed by atoms with Gasteiger partial charge in [0.05, 0.1) is 12.1 Å². The Balaban J connectivity index is 2.29. The van der Waals surface area contributed by atoms with Crippen molar-refractivity contribution >= 4 is 5.97 Å². The highest BCUT2D eigenvalue weighted by Crippen LogP contribution is 2.22. The van der Waals surface area contributed by atoms with Crippen LogP contribution in [-0.2, 0) is 11.2 Å². The number of nitrogens with zero attached hydrogens (tertiary/aromatic N) is 2. The monoisotopic (exact) mass is 244 g/mol. The van der Waals surface area contributed by atoms with Gasteiger partial charge in [0.2, 0.25) is 0 Å². The summed E-state index contributed by atoms with van der Waals surface area (Å²) in [6, 6.07) is 9.84. The van der Waals surface area contributed by atoms with E-state index in [2.05, 4.69) is 18.9 Å². The van der Waals surface area contributed by atoms with Gasteiger partial charge < -0.3 is 5.11 Å². The molecule has 2 rings (SSSR count). The maximum Gasteiger partial charge on any atom is 0.307 e. The van der Waals surface area contributed by atoms with Crippen LogP contribution in [0.1, 0.15) is 25.5 Å². The average Bonchev–Trinajstić information content (AvgIpc) is 2.78. The summed E-state index contributed by atoms with van der Waals surface area (Å²) in [5, 5.41) is 13.0. The molecule has 0 spiro atoms. The number of carbonyl (C=O) groups is 1. The highest BCUT2D eigenvalue weighted by molar-refractivity contribution is 5.70. The van der Waals surface area contributed by atoms with Crippen LogP contribution in [-0.4, -0.2) is 20.9 Å². The Morgan fingerprint density at radius 3 is 2.50 bits per heavy atom. The maximum atomic E-state index is 10.6. The number of aromatic nitrogens is 2. The van der Waals surface area contributed by atoms with E-state index in [9.17, 15) is 4.79 Å². The topological polar surface area (TPSA) is 55.1 Å². The average molecular weight is 244 g/mol. The largest absolute Gasteiger partial charge is 0.481 e. The van der Waals surface area contributed by atoms with E-state index < -0.39 is 5.97 Å². The first-order valence-corrected chi connectivity index (χ1v) is 5.92. The van der Waals surface area contributed by atoms with Crippen molar-refractivity contribution in [3.63, 3.8) is 0 Å². The van der Waals surface area contributed by atoms with Crippen molar-refractivity contribution in [1.29, 1.82) is 0 Å². The first-order valence-electron chi connectivity index (χ1n) is 5.92. The molecule has 0 saturated carbocycles. The predicted molar refractivity (Wildman–Crippen MR) is 69.4 cm³/mol. The second-order valence-electron chi connectivity index (χ2n) is 4.52. The SMILES string of the molecule is CC(C)n1nccc1-c1ccc(CC(=O)O)cc1. The van der Waals surface area contributed by atoms with Crippen LogP contribution in [0.3, 0.4) is 0 Å². The van der Waals surface area contributed by atoms with E-state index >= 15 is 0 Å². The molecular weight excluding hydrogens is 228 g/mol. The van der Waals surface area contributed by atoms with E-state index in [0.29, 0.717) is 6.04 Å². The van der Waals surface area contributed by atoms with Gasteiger partial charge in [0.25, 0.3) is 0 Å². The lowest BCUT2D eigenvalue weighted by molar-refractivity contribution is -0.136. The van der Waals surface area contributed by atoms with Crippen LogP contribution in [0.5, 0.6) is 0 Å². The normalized spacial score (nSPS) is 10.8. The first-order chi connectivity index (χ1) is 8.58. The molecule has 2 aromatic rings. The molecule has 0 radical (unpaired) electrons. The molecule has 0 saturated heterocycles. The van der Waals surface area contributed by atoms with Crippen molar-refractivity contribution in [2.45, 2.75) is 26.3 Å². The standard InChI is InChI=1S/C14H16N2O2/c1-10(2)16-13(7-8-15-16)12-5-3-11(4-6-12)9-14(17)18/h3-8,10H,9H2,1-2H3,(H,17,18). The zero-order valence-electron chi connectivity index (χ0n) is 10.5. The molecule has 0 bridgehead atoms. The van der Waals surface area contributed by atoms with Crippen LogP contribution in [0, 0.1) is 0 Å². The molecule has 0 fully saturated rings. The molecule has 1 heterocycles. The summed E-state index contributed by atoms with van der Waals surface area (Å²) in [6.45, 7) is 4.16. The lowest BCUT2D eigenvalue weighted by Crippen LogP contribution is -2.04. The summed E-state index contributed by atoms with van der Waals surface area (Å²) in [4.78, 5) is 10.6. The molecule has 4 nitrogen and oxygen atoms in total. The van der Waals surface area contributed by atoms with Crippen LogP contribution in [0.4, 0.5) is 0 Å².